The van der Waals surface area contributed by atoms with Gasteiger partial charge in [0.2, 0.25) is 0 Å². The number of aromatic amines is 1. The molecule has 1 fully saturated rings. The fourth-order valence-electron chi connectivity index (χ4n) is 3.41. The number of carbonyl (C=O) groups is 1. The quantitative estimate of drug-likeness (QED) is 0.800. The maximum absolute atomic E-state index is 12.9. The summed E-state index contributed by atoms with van der Waals surface area (Å²) in [7, 11) is 1.92. The van der Waals surface area contributed by atoms with Crippen LogP contribution in [0.15, 0.2) is 48.7 Å². The lowest BCUT2D eigenvalue weighted by Gasteiger charge is -2.31. The number of H-pyrrole nitrogens is 1. The largest absolute Gasteiger partial charge is 0.337 e. The van der Waals surface area contributed by atoms with Gasteiger partial charge in [-0.2, -0.15) is 10.2 Å². The molecule has 3 aromatic rings. The Morgan fingerprint density at radius 3 is 2.84 bits per heavy atom. The van der Waals surface area contributed by atoms with Crippen molar-refractivity contribution in [3.63, 3.8) is 0 Å². The number of carbonyl (C=O) groups excluding carboxylic acids is 1. The SMILES string of the molecule is Cn1ccc([C@@H]2CCCN(C(=O)c3cc(-c4ccccc4)n[nH]3)C2)n1. The van der Waals surface area contributed by atoms with E-state index in [2.05, 4.69) is 15.3 Å². The summed E-state index contributed by atoms with van der Waals surface area (Å²) in [4.78, 5) is 14.8. The standard InChI is InChI=1S/C19H21N5O/c1-23-11-9-16(22-23)15-8-5-10-24(13-15)19(25)18-12-17(20-21-18)14-6-3-2-4-7-14/h2-4,6-7,9,11-12,15H,5,8,10,13H2,1H3,(H,20,21)/t15-/m1/s1. The van der Waals surface area contributed by atoms with Gasteiger partial charge in [-0.05, 0) is 25.0 Å². The van der Waals surface area contributed by atoms with Gasteiger partial charge in [-0.3, -0.25) is 14.6 Å². The summed E-state index contributed by atoms with van der Waals surface area (Å²) < 4.78 is 1.82. The highest BCUT2D eigenvalue weighted by Crippen LogP contribution is 2.27. The molecule has 0 spiro atoms. The number of aromatic nitrogens is 4. The zero-order chi connectivity index (χ0) is 17.2. The van der Waals surface area contributed by atoms with Gasteiger partial charge in [0.15, 0.2) is 0 Å². The predicted molar refractivity (Wildman–Crippen MR) is 95.1 cm³/mol. The second kappa shape index (κ2) is 6.55. The van der Waals surface area contributed by atoms with E-state index >= 15 is 0 Å². The number of rotatable bonds is 3. The van der Waals surface area contributed by atoms with Gasteiger partial charge in [-0.15, -0.1) is 0 Å². The third-order valence-electron chi connectivity index (χ3n) is 4.74. The van der Waals surface area contributed by atoms with Crippen LogP contribution in [0.5, 0.6) is 0 Å². The van der Waals surface area contributed by atoms with Gasteiger partial charge >= 0.3 is 0 Å². The molecule has 25 heavy (non-hydrogen) atoms. The summed E-state index contributed by atoms with van der Waals surface area (Å²) in [6, 6.07) is 13.8. The van der Waals surface area contributed by atoms with E-state index in [1.54, 1.807) is 0 Å². The summed E-state index contributed by atoms with van der Waals surface area (Å²) in [6.45, 7) is 1.48. The second-order valence-corrected chi connectivity index (χ2v) is 6.54. The van der Waals surface area contributed by atoms with Crippen LogP contribution in [0.4, 0.5) is 0 Å². The minimum absolute atomic E-state index is 0.00955. The minimum Gasteiger partial charge on any atom is -0.337 e. The van der Waals surface area contributed by atoms with Crippen LogP contribution in [0.1, 0.15) is 34.9 Å². The van der Waals surface area contributed by atoms with E-state index in [4.69, 9.17) is 0 Å². The van der Waals surface area contributed by atoms with E-state index < -0.39 is 0 Å². The van der Waals surface area contributed by atoms with E-state index in [0.29, 0.717) is 18.2 Å². The molecule has 1 amide bonds. The Balaban J connectivity index is 1.50. The zero-order valence-electron chi connectivity index (χ0n) is 14.2. The molecule has 0 aliphatic carbocycles. The molecule has 0 unspecified atom stereocenters. The Labute approximate surface area is 146 Å². The van der Waals surface area contributed by atoms with Crippen LogP contribution in [-0.2, 0) is 7.05 Å². The van der Waals surface area contributed by atoms with Crippen LogP contribution in [0.25, 0.3) is 11.3 Å². The molecular formula is C19H21N5O. The molecule has 128 valence electrons. The highest BCUT2D eigenvalue weighted by molar-refractivity contribution is 5.93. The van der Waals surface area contributed by atoms with Crippen molar-refractivity contribution in [2.75, 3.05) is 13.1 Å². The number of benzene rings is 1. The number of nitrogens with one attached hydrogen (secondary N) is 1. The van der Waals surface area contributed by atoms with Crippen molar-refractivity contribution < 1.29 is 4.79 Å². The number of hydrogen-bond acceptors (Lipinski definition) is 3. The van der Waals surface area contributed by atoms with Gasteiger partial charge in [0, 0.05) is 37.8 Å². The minimum atomic E-state index is 0.00955. The number of hydrogen-bond donors (Lipinski definition) is 1. The molecule has 0 saturated carbocycles. The van der Waals surface area contributed by atoms with Crippen molar-refractivity contribution in [2.24, 2.45) is 7.05 Å². The molecule has 0 radical (unpaired) electrons. The molecule has 4 rings (SSSR count). The van der Waals surface area contributed by atoms with Crippen molar-refractivity contribution in [3.05, 3.63) is 60.0 Å². The smallest absolute Gasteiger partial charge is 0.271 e. The van der Waals surface area contributed by atoms with Gasteiger partial charge in [0.05, 0.1) is 11.4 Å². The molecule has 0 bridgehead atoms. The Kier molecular flexibility index (Phi) is 4.09. The van der Waals surface area contributed by atoms with Crippen LogP contribution in [0.3, 0.4) is 0 Å². The van der Waals surface area contributed by atoms with Gasteiger partial charge in [0.1, 0.15) is 5.69 Å². The van der Waals surface area contributed by atoms with Gasteiger partial charge in [-0.1, -0.05) is 30.3 Å². The van der Waals surface area contributed by atoms with Crippen LogP contribution < -0.4 is 0 Å². The molecule has 6 heteroatoms. The number of amides is 1. The predicted octanol–water partition coefficient (Wildman–Crippen LogP) is 2.83. The molecule has 1 saturated heterocycles. The Bertz CT molecular complexity index is 867. The van der Waals surface area contributed by atoms with Gasteiger partial charge in [-0.25, -0.2) is 0 Å². The Morgan fingerprint density at radius 2 is 2.08 bits per heavy atom. The zero-order valence-corrected chi connectivity index (χ0v) is 14.2. The number of aryl methyl sites for hydroxylation is 1. The molecule has 1 aliphatic heterocycles. The summed E-state index contributed by atoms with van der Waals surface area (Å²) in [5.41, 5.74) is 3.40. The highest BCUT2D eigenvalue weighted by Gasteiger charge is 2.27. The first-order valence-corrected chi connectivity index (χ1v) is 8.60. The number of piperidine rings is 1. The molecule has 6 nitrogen and oxygen atoms in total. The van der Waals surface area contributed by atoms with Crippen LogP contribution in [0, 0.1) is 0 Å². The van der Waals surface area contributed by atoms with Crippen LogP contribution in [0.2, 0.25) is 0 Å². The van der Waals surface area contributed by atoms with Crippen molar-refractivity contribution >= 4 is 5.91 Å². The van der Waals surface area contributed by atoms with E-state index in [-0.39, 0.29) is 5.91 Å². The normalized spacial score (nSPS) is 17.6. The monoisotopic (exact) mass is 335 g/mol. The highest BCUT2D eigenvalue weighted by atomic mass is 16.2. The van der Waals surface area contributed by atoms with Gasteiger partial charge in [0.25, 0.3) is 5.91 Å². The summed E-state index contributed by atoms with van der Waals surface area (Å²) in [5, 5.41) is 11.7. The van der Waals surface area contributed by atoms with E-state index in [1.165, 1.54) is 0 Å². The molecular weight excluding hydrogens is 314 g/mol. The maximum Gasteiger partial charge on any atom is 0.271 e. The summed E-state index contributed by atoms with van der Waals surface area (Å²) in [5.74, 6) is 0.311. The second-order valence-electron chi connectivity index (χ2n) is 6.54. The fraction of sp³-hybridized carbons (Fsp3) is 0.316. The van der Waals surface area contributed by atoms with E-state index in [9.17, 15) is 4.79 Å². The summed E-state index contributed by atoms with van der Waals surface area (Å²) >= 11 is 0. The molecule has 1 N–H and O–H groups in total. The number of likely N-dealkylation sites (tertiary alicyclic amines) is 1. The lowest BCUT2D eigenvalue weighted by molar-refractivity contribution is 0.0699. The lowest BCUT2D eigenvalue weighted by atomic mass is 9.95. The number of nitrogens with zero attached hydrogens (tertiary/aromatic N) is 4. The topological polar surface area (TPSA) is 66.8 Å². The maximum atomic E-state index is 12.9. The first-order valence-electron chi connectivity index (χ1n) is 8.60. The van der Waals surface area contributed by atoms with Crippen LogP contribution in [-0.4, -0.2) is 43.9 Å². The first kappa shape index (κ1) is 15.6. The molecule has 1 atom stereocenters. The van der Waals surface area contributed by atoms with Gasteiger partial charge < -0.3 is 4.90 Å². The Morgan fingerprint density at radius 1 is 1.24 bits per heavy atom. The van der Waals surface area contributed by atoms with Crippen molar-refractivity contribution in [1.29, 1.82) is 0 Å². The van der Waals surface area contributed by atoms with Crippen LogP contribution >= 0.6 is 0 Å². The summed E-state index contributed by atoms with van der Waals surface area (Å²) in [6.07, 6.45) is 4.02. The third kappa shape index (κ3) is 3.20. The molecule has 2 aromatic heterocycles. The fourth-order valence-corrected chi connectivity index (χ4v) is 3.41. The van der Waals surface area contributed by atoms with Crippen molar-refractivity contribution in [1.82, 2.24) is 24.9 Å². The molecule has 1 aliphatic rings. The molecule has 1 aromatic carbocycles. The Hall–Kier alpha value is -2.89. The average molecular weight is 335 g/mol. The first-order chi connectivity index (χ1) is 12.2. The van der Waals surface area contributed by atoms with Crippen molar-refractivity contribution in [3.8, 4) is 11.3 Å². The average Bonchev–Trinajstić information content (AvgIpc) is 3.31. The van der Waals surface area contributed by atoms with E-state index in [0.717, 1.165) is 36.3 Å². The lowest BCUT2D eigenvalue weighted by Crippen LogP contribution is -2.39. The van der Waals surface area contributed by atoms with E-state index in [1.807, 2.05) is 65.3 Å². The third-order valence-corrected chi connectivity index (χ3v) is 4.74. The van der Waals surface area contributed by atoms with Crippen molar-refractivity contribution in [2.45, 2.75) is 18.8 Å². The molecule has 3 heterocycles.